The smallest absolute Gasteiger partial charge is 0.0757 e. The maximum absolute atomic E-state index is 5.79. The molecule has 2 aliphatic carbocycles. The average Bonchev–Trinajstić information content (AvgIpc) is 3.33. The Morgan fingerprint density at radius 3 is 2.77 bits per heavy atom. The van der Waals surface area contributed by atoms with E-state index in [9.17, 15) is 0 Å². The molecular weight excluding hydrogens is 322 g/mol. The molecule has 0 aliphatic heterocycles. The molecule has 0 unspecified atom stereocenters. The molecule has 2 heterocycles. The van der Waals surface area contributed by atoms with Gasteiger partial charge in [0.1, 0.15) is 0 Å². The summed E-state index contributed by atoms with van der Waals surface area (Å²) in [6.45, 7) is 8.99. The second-order valence-corrected chi connectivity index (χ2v) is 8.07. The van der Waals surface area contributed by atoms with E-state index >= 15 is 0 Å². The normalized spacial score (nSPS) is 22.3. The molecule has 0 atom stereocenters. The van der Waals surface area contributed by atoms with Gasteiger partial charge < -0.3 is 11.1 Å². The van der Waals surface area contributed by atoms with Crippen molar-refractivity contribution < 1.29 is 0 Å². The van der Waals surface area contributed by atoms with Crippen LogP contribution in [-0.4, -0.2) is 27.4 Å². The largest absolute Gasteiger partial charge is 0.382 e. The van der Waals surface area contributed by atoms with Crippen LogP contribution in [0.3, 0.4) is 0 Å². The van der Waals surface area contributed by atoms with Crippen LogP contribution in [0.1, 0.15) is 62.7 Å². The maximum atomic E-state index is 5.79. The van der Waals surface area contributed by atoms with Crippen molar-refractivity contribution in [2.24, 2.45) is 11.7 Å². The molecule has 4 rings (SSSR count). The number of anilines is 1. The van der Waals surface area contributed by atoms with Crippen LogP contribution < -0.4 is 11.1 Å². The number of pyridine rings is 1. The number of hydrogen-bond donors (Lipinski definition) is 2. The number of nitrogens with zero attached hydrogens (tertiary/aromatic N) is 3. The highest BCUT2D eigenvalue weighted by Gasteiger charge is 2.34. The van der Waals surface area contributed by atoms with Crippen molar-refractivity contribution in [3.8, 4) is 11.3 Å². The number of rotatable bonds is 7. The molecular formula is C21H29N5. The predicted molar refractivity (Wildman–Crippen MR) is 107 cm³/mol. The van der Waals surface area contributed by atoms with Crippen molar-refractivity contribution in [1.29, 1.82) is 0 Å². The molecule has 0 spiro atoms. The Labute approximate surface area is 155 Å². The molecule has 0 bridgehead atoms. The number of nitrogens with two attached hydrogens (primary N) is 1. The zero-order chi connectivity index (χ0) is 18.3. The first-order chi connectivity index (χ1) is 12.6. The Hall–Kier alpha value is -2.14. The molecule has 3 N–H and O–H groups in total. The van der Waals surface area contributed by atoms with Crippen LogP contribution >= 0.6 is 0 Å². The van der Waals surface area contributed by atoms with Crippen molar-refractivity contribution in [2.75, 3.05) is 11.9 Å². The van der Waals surface area contributed by atoms with E-state index in [1.165, 1.54) is 24.1 Å². The standard InChI is InChI=1S/C21H29N5/c1-4-15-11-23-20(9-19(15)24-13(2)3)18-12-26(17-7-14(8-17)10-22)25-21(18)16-5-6-16/h4,9,11-14,16-17H,1,5-8,10,22H2,2-3H3,(H,23,24). The molecule has 2 aliphatic rings. The Morgan fingerprint density at radius 2 is 2.15 bits per heavy atom. The lowest BCUT2D eigenvalue weighted by Gasteiger charge is -2.34. The van der Waals surface area contributed by atoms with Gasteiger partial charge in [0, 0.05) is 41.2 Å². The molecule has 0 aromatic carbocycles. The molecule has 26 heavy (non-hydrogen) atoms. The molecule has 5 nitrogen and oxygen atoms in total. The van der Waals surface area contributed by atoms with Crippen LogP contribution in [0.15, 0.2) is 25.0 Å². The van der Waals surface area contributed by atoms with Crippen molar-refractivity contribution in [1.82, 2.24) is 14.8 Å². The van der Waals surface area contributed by atoms with Crippen LogP contribution in [0, 0.1) is 5.92 Å². The third-order valence-corrected chi connectivity index (χ3v) is 5.52. The minimum Gasteiger partial charge on any atom is -0.382 e. The SMILES string of the molecule is C=Cc1cnc(-c2cn(C3CC(CN)C3)nc2C2CC2)cc1NC(C)C. The quantitative estimate of drug-likeness (QED) is 0.784. The topological polar surface area (TPSA) is 68.8 Å². The lowest BCUT2D eigenvalue weighted by Crippen LogP contribution is -2.32. The predicted octanol–water partition coefficient (Wildman–Crippen LogP) is 4.20. The van der Waals surface area contributed by atoms with Crippen LogP contribution in [0.2, 0.25) is 0 Å². The van der Waals surface area contributed by atoms with Crippen LogP contribution in [0.4, 0.5) is 5.69 Å². The third kappa shape index (κ3) is 3.28. The number of hydrogen-bond acceptors (Lipinski definition) is 4. The van der Waals surface area contributed by atoms with E-state index in [1.807, 2.05) is 12.3 Å². The fourth-order valence-corrected chi connectivity index (χ4v) is 3.77. The van der Waals surface area contributed by atoms with Crippen LogP contribution in [0.25, 0.3) is 17.3 Å². The molecule has 138 valence electrons. The molecule has 2 fully saturated rings. The van der Waals surface area contributed by atoms with Crippen molar-refractivity contribution in [2.45, 2.75) is 57.5 Å². The lowest BCUT2D eigenvalue weighted by molar-refractivity contribution is 0.189. The summed E-state index contributed by atoms with van der Waals surface area (Å²) in [6.07, 6.45) is 10.7. The summed E-state index contributed by atoms with van der Waals surface area (Å²) in [7, 11) is 0. The second-order valence-electron chi connectivity index (χ2n) is 8.07. The first kappa shape index (κ1) is 17.3. The molecule has 0 amide bonds. The Balaban J connectivity index is 1.68. The van der Waals surface area contributed by atoms with Crippen molar-refractivity contribution >= 4 is 11.8 Å². The highest BCUT2D eigenvalue weighted by Crippen LogP contribution is 2.45. The summed E-state index contributed by atoms with van der Waals surface area (Å²) < 4.78 is 2.17. The van der Waals surface area contributed by atoms with Gasteiger partial charge >= 0.3 is 0 Å². The molecule has 2 aromatic heterocycles. The summed E-state index contributed by atoms with van der Waals surface area (Å²) in [6, 6.07) is 3.00. The van der Waals surface area contributed by atoms with Gasteiger partial charge in [0.2, 0.25) is 0 Å². The van der Waals surface area contributed by atoms with Crippen LogP contribution in [0.5, 0.6) is 0 Å². The summed E-state index contributed by atoms with van der Waals surface area (Å²) in [5, 5.41) is 8.48. The average molecular weight is 351 g/mol. The zero-order valence-electron chi connectivity index (χ0n) is 15.8. The molecule has 0 radical (unpaired) electrons. The van der Waals surface area contributed by atoms with Gasteiger partial charge in [-0.15, -0.1) is 0 Å². The summed E-state index contributed by atoms with van der Waals surface area (Å²) in [5.41, 5.74) is 11.3. The van der Waals surface area contributed by atoms with Gasteiger partial charge in [0.25, 0.3) is 0 Å². The number of nitrogens with one attached hydrogen (secondary N) is 1. The monoisotopic (exact) mass is 351 g/mol. The van der Waals surface area contributed by atoms with E-state index < -0.39 is 0 Å². The summed E-state index contributed by atoms with van der Waals surface area (Å²) in [5.74, 6) is 1.25. The van der Waals surface area contributed by atoms with E-state index in [0.29, 0.717) is 23.9 Å². The zero-order valence-corrected chi connectivity index (χ0v) is 15.8. The fraction of sp³-hybridized carbons (Fsp3) is 0.524. The van der Waals surface area contributed by atoms with E-state index in [2.05, 4.69) is 42.7 Å². The van der Waals surface area contributed by atoms with Gasteiger partial charge in [-0.2, -0.15) is 5.10 Å². The van der Waals surface area contributed by atoms with E-state index in [0.717, 1.165) is 36.3 Å². The van der Waals surface area contributed by atoms with Gasteiger partial charge in [-0.1, -0.05) is 12.7 Å². The Kier molecular flexibility index (Phi) is 4.57. The minimum atomic E-state index is 0.359. The molecule has 2 aromatic rings. The molecule has 5 heteroatoms. The van der Waals surface area contributed by atoms with Crippen LogP contribution in [-0.2, 0) is 0 Å². The highest BCUT2D eigenvalue weighted by atomic mass is 15.3. The minimum absolute atomic E-state index is 0.359. The lowest BCUT2D eigenvalue weighted by atomic mass is 9.80. The molecule has 0 saturated heterocycles. The van der Waals surface area contributed by atoms with E-state index in [4.69, 9.17) is 15.8 Å². The van der Waals surface area contributed by atoms with E-state index in [-0.39, 0.29) is 0 Å². The Morgan fingerprint density at radius 1 is 1.38 bits per heavy atom. The van der Waals surface area contributed by atoms with Gasteiger partial charge in [0.15, 0.2) is 0 Å². The summed E-state index contributed by atoms with van der Waals surface area (Å²) >= 11 is 0. The van der Waals surface area contributed by atoms with Crippen molar-refractivity contribution in [3.63, 3.8) is 0 Å². The first-order valence-corrected chi connectivity index (χ1v) is 9.77. The number of aromatic nitrogens is 3. The molecule has 2 saturated carbocycles. The van der Waals surface area contributed by atoms with Crippen molar-refractivity contribution in [3.05, 3.63) is 36.3 Å². The van der Waals surface area contributed by atoms with Gasteiger partial charge in [0.05, 0.1) is 17.4 Å². The first-order valence-electron chi connectivity index (χ1n) is 9.77. The Bertz CT molecular complexity index is 797. The summed E-state index contributed by atoms with van der Waals surface area (Å²) in [4.78, 5) is 4.72. The highest BCUT2D eigenvalue weighted by molar-refractivity contribution is 5.73. The van der Waals surface area contributed by atoms with E-state index in [1.54, 1.807) is 0 Å². The second kappa shape index (κ2) is 6.88. The third-order valence-electron chi connectivity index (χ3n) is 5.52. The van der Waals surface area contributed by atoms with Gasteiger partial charge in [-0.25, -0.2) is 0 Å². The fourth-order valence-electron chi connectivity index (χ4n) is 3.77. The van der Waals surface area contributed by atoms with Gasteiger partial charge in [-0.3, -0.25) is 9.67 Å². The van der Waals surface area contributed by atoms with Gasteiger partial charge in [-0.05, 0) is 58.1 Å². The maximum Gasteiger partial charge on any atom is 0.0757 e.